The molecule has 0 aliphatic heterocycles. The Labute approximate surface area is 96.3 Å². The minimum absolute atomic E-state index is 0.168. The van der Waals surface area contributed by atoms with Gasteiger partial charge in [0.1, 0.15) is 5.78 Å². The number of carbonyl (C=O) groups excluding carboxylic acids is 2. The van der Waals surface area contributed by atoms with Gasteiger partial charge >= 0.3 is 12.1 Å². The molecule has 0 spiro atoms. The van der Waals surface area contributed by atoms with Crippen LogP contribution in [0.3, 0.4) is 0 Å². The summed E-state index contributed by atoms with van der Waals surface area (Å²) in [5, 5.41) is 1.78. The summed E-state index contributed by atoms with van der Waals surface area (Å²) in [6.45, 7) is 1.75. The number of hydrogen-bond acceptors (Lipinski definition) is 2. The summed E-state index contributed by atoms with van der Waals surface area (Å²) in [7, 11) is 0. The maximum atomic E-state index is 11.9. The molecule has 1 amide bonds. The first-order valence-corrected chi connectivity index (χ1v) is 5.30. The number of nitrogens with one attached hydrogen (secondary N) is 1. The third-order valence-electron chi connectivity index (χ3n) is 1.85. The second-order valence-corrected chi connectivity index (χ2v) is 3.60. The minimum atomic E-state index is -4.92. The van der Waals surface area contributed by atoms with Crippen molar-refractivity contribution in [1.29, 1.82) is 0 Å². The van der Waals surface area contributed by atoms with E-state index in [0.29, 0.717) is 12.8 Å². The highest BCUT2D eigenvalue weighted by molar-refractivity contribution is 6.27. The van der Waals surface area contributed by atoms with Crippen LogP contribution in [0.4, 0.5) is 13.2 Å². The molecule has 0 fully saturated rings. The molecule has 0 radical (unpaired) electrons. The van der Waals surface area contributed by atoms with E-state index in [0.717, 1.165) is 0 Å². The number of carbonyl (C=O) groups is 2. The largest absolute Gasteiger partial charge is 0.471 e. The minimum Gasteiger partial charge on any atom is -0.345 e. The molecule has 0 aliphatic carbocycles. The predicted octanol–water partition coefficient (Wildman–Crippen LogP) is 2.03. The Bertz CT molecular complexity index is 256. The number of alkyl halides is 4. The molecule has 0 aliphatic rings. The summed E-state index contributed by atoms with van der Waals surface area (Å²) >= 11 is 5.24. The van der Waals surface area contributed by atoms with Crippen LogP contribution in [0.1, 0.15) is 26.2 Å². The van der Waals surface area contributed by atoms with E-state index in [9.17, 15) is 22.8 Å². The lowest BCUT2D eigenvalue weighted by Gasteiger charge is -2.17. The van der Waals surface area contributed by atoms with Crippen molar-refractivity contribution < 1.29 is 22.8 Å². The fraction of sp³-hybridized carbons (Fsp3) is 0.778. The van der Waals surface area contributed by atoms with Crippen molar-refractivity contribution in [3.63, 3.8) is 0 Å². The van der Waals surface area contributed by atoms with Crippen molar-refractivity contribution in [2.75, 3.05) is 5.88 Å². The van der Waals surface area contributed by atoms with Gasteiger partial charge in [0.25, 0.3) is 0 Å². The molecule has 7 heteroatoms. The zero-order valence-electron chi connectivity index (χ0n) is 8.73. The maximum Gasteiger partial charge on any atom is 0.471 e. The number of hydrogen-bond donors (Lipinski definition) is 1. The van der Waals surface area contributed by atoms with Gasteiger partial charge in [-0.05, 0) is 6.42 Å². The van der Waals surface area contributed by atoms with Gasteiger partial charge < -0.3 is 5.32 Å². The molecule has 0 aromatic heterocycles. The van der Waals surface area contributed by atoms with Crippen LogP contribution < -0.4 is 5.32 Å². The first-order chi connectivity index (χ1) is 7.31. The van der Waals surface area contributed by atoms with Crippen molar-refractivity contribution in [1.82, 2.24) is 5.32 Å². The van der Waals surface area contributed by atoms with E-state index in [1.165, 1.54) is 0 Å². The van der Waals surface area contributed by atoms with Crippen LogP contribution in [-0.4, -0.2) is 29.8 Å². The van der Waals surface area contributed by atoms with Crippen LogP contribution in [-0.2, 0) is 9.59 Å². The van der Waals surface area contributed by atoms with Crippen LogP contribution in [0, 0.1) is 0 Å². The van der Waals surface area contributed by atoms with Crippen molar-refractivity contribution in [2.24, 2.45) is 0 Å². The molecule has 0 heterocycles. The van der Waals surface area contributed by atoms with Crippen molar-refractivity contribution >= 4 is 23.3 Å². The summed E-state index contributed by atoms with van der Waals surface area (Å²) < 4.78 is 35.8. The molecule has 1 N–H and O–H groups in total. The highest BCUT2D eigenvalue weighted by Gasteiger charge is 2.39. The van der Waals surface area contributed by atoms with Crippen LogP contribution in [0.15, 0.2) is 0 Å². The van der Waals surface area contributed by atoms with Gasteiger partial charge in [0.15, 0.2) is 0 Å². The SMILES string of the molecule is CCCC(CC(=O)CCl)NC(=O)C(F)(F)F. The van der Waals surface area contributed by atoms with Crippen molar-refractivity contribution in [3.8, 4) is 0 Å². The van der Waals surface area contributed by atoms with Crippen LogP contribution in [0.25, 0.3) is 0 Å². The molecule has 0 saturated carbocycles. The van der Waals surface area contributed by atoms with Crippen LogP contribution >= 0.6 is 11.6 Å². The van der Waals surface area contributed by atoms with Gasteiger partial charge in [0.05, 0.1) is 5.88 Å². The molecule has 1 unspecified atom stereocenters. The van der Waals surface area contributed by atoms with E-state index < -0.39 is 18.1 Å². The Balaban J connectivity index is 4.33. The summed E-state index contributed by atoms with van der Waals surface area (Å²) in [6.07, 6.45) is -4.21. The predicted molar refractivity (Wildman–Crippen MR) is 53.2 cm³/mol. The smallest absolute Gasteiger partial charge is 0.345 e. The standard InChI is InChI=1S/C9H13ClF3NO2/c1-2-3-6(4-7(15)5-10)14-8(16)9(11,12)13/h6H,2-5H2,1H3,(H,14,16). The second-order valence-electron chi connectivity index (χ2n) is 3.33. The van der Waals surface area contributed by atoms with E-state index in [1.54, 1.807) is 12.2 Å². The zero-order valence-corrected chi connectivity index (χ0v) is 9.49. The molecule has 0 aromatic rings. The van der Waals surface area contributed by atoms with Crippen LogP contribution in [0.5, 0.6) is 0 Å². The van der Waals surface area contributed by atoms with E-state index in [1.807, 2.05) is 0 Å². The first-order valence-electron chi connectivity index (χ1n) is 4.76. The Morgan fingerprint density at radius 3 is 2.31 bits per heavy atom. The normalized spacial score (nSPS) is 13.3. The summed E-state index contributed by atoms with van der Waals surface area (Å²) in [5.74, 6) is -2.67. The summed E-state index contributed by atoms with van der Waals surface area (Å²) in [6, 6.07) is -0.801. The molecule has 0 rings (SSSR count). The lowest BCUT2D eigenvalue weighted by atomic mass is 10.1. The topological polar surface area (TPSA) is 46.2 Å². The zero-order chi connectivity index (χ0) is 12.8. The number of rotatable bonds is 6. The molecule has 16 heavy (non-hydrogen) atoms. The average molecular weight is 260 g/mol. The molecular formula is C9H13ClF3NO2. The average Bonchev–Trinajstić information content (AvgIpc) is 2.16. The second kappa shape index (κ2) is 6.73. The molecular weight excluding hydrogens is 247 g/mol. The highest BCUT2D eigenvalue weighted by Crippen LogP contribution is 2.15. The van der Waals surface area contributed by atoms with Gasteiger partial charge in [-0.25, -0.2) is 0 Å². The third-order valence-corrected chi connectivity index (χ3v) is 2.15. The van der Waals surface area contributed by atoms with E-state index in [2.05, 4.69) is 0 Å². The monoisotopic (exact) mass is 259 g/mol. The van der Waals surface area contributed by atoms with Gasteiger partial charge in [0, 0.05) is 12.5 Å². The van der Waals surface area contributed by atoms with E-state index in [4.69, 9.17) is 11.6 Å². The molecule has 0 bridgehead atoms. The quantitative estimate of drug-likeness (QED) is 0.742. The molecule has 3 nitrogen and oxygen atoms in total. The van der Waals surface area contributed by atoms with Gasteiger partial charge in [-0.1, -0.05) is 13.3 Å². The summed E-state index contributed by atoms with van der Waals surface area (Å²) in [5.41, 5.74) is 0. The van der Waals surface area contributed by atoms with Gasteiger partial charge in [-0.2, -0.15) is 13.2 Å². The van der Waals surface area contributed by atoms with Gasteiger partial charge in [-0.15, -0.1) is 11.6 Å². The number of amides is 1. The van der Waals surface area contributed by atoms with Gasteiger partial charge in [-0.3, -0.25) is 9.59 Å². The number of Topliss-reactive ketones (excluding diaryl/α,β-unsaturated/α-hetero) is 1. The highest BCUT2D eigenvalue weighted by atomic mass is 35.5. The Kier molecular flexibility index (Phi) is 6.40. The molecule has 94 valence electrons. The van der Waals surface area contributed by atoms with E-state index >= 15 is 0 Å². The lowest BCUT2D eigenvalue weighted by molar-refractivity contribution is -0.174. The van der Waals surface area contributed by atoms with E-state index in [-0.39, 0.29) is 18.1 Å². The third kappa shape index (κ3) is 5.95. The van der Waals surface area contributed by atoms with Crippen molar-refractivity contribution in [3.05, 3.63) is 0 Å². The van der Waals surface area contributed by atoms with Gasteiger partial charge in [0.2, 0.25) is 0 Å². The van der Waals surface area contributed by atoms with Crippen molar-refractivity contribution in [2.45, 2.75) is 38.4 Å². The Hall–Kier alpha value is -0.780. The number of ketones is 1. The first kappa shape index (κ1) is 15.2. The molecule has 1 atom stereocenters. The fourth-order valence-electron chi connectivity index (χ4n) is 1.17. The number of halogens is 4. The van der Waals surface area contributed by atoms with Crippen LogP contribution in [0.2, 0.25) is 0 Å². The maximum absolute atomic E-state index is 11.9. The fourth-order valence-corrected chi connectivity index (χ4v) is 1.28. The molecule has 0 saturated heterocycles. The molecule has 0 aromatic carbocycles. The Morgan fingerprint density at radius 1 is 1.38 bits per heavy atom. The summed E-state index contributed by atoms with van der Waals surface area (Å²) in [4.78, 5) is 21.6. The lowest BCUT2D eigenvalue weighted by Crippen LogP contribution is -2.44. The Morgan fingerprint density at radius 2 is 1.94 bits per heavy atom.